The highest BCUT2D eigenvalue weighted by Crippen LogP contribution is 2.34. The summed E-state index contributed by atoms with van der Waals surface area (Å²) in [6, 6.07) is 8.64. The summed E-state index contributed by atoms with van der Waals surface area (Å²) in [5, 5.41) is 10.2. The molecule has 2 aliphatic rings. The SMILES string of the molecule is Cc1cc(COc2ccc(C(=O)N[C@@H]3CN(c4c(N(C)C)c(=O)c4=O)C[C@@H]3c3n[nH]c(=O)s3)cc2)c2c(n1)CCCC2. The molecule has 42 heavy (non-hydrogen) atoms. The van der Waals surface area contributed by atoms with Gasteiger partial charge in [0, 0.05) is 44.1 Å². The van der Waals surface area contributed by atoms with Crippen LogP contribution in [0, 0.1) is 6.92 Å². The van der Waals surface area contributed by atoms with Crippen molar-refractivity contribution in [1.82, 2.24) is 20.5 Å². The second kappa shape index (κ2) is 11.2. The number of nitrogens with zero attached hydrogens (tertiary/aromatic N) is 4. The van der Waals surface area contributed by atoms with Gasteiger partial charge in [0.05, 0.1) is 12.0 Å². The third kappa shape index (κ3) is 5.22. The van der Waals surface area contributed by atoms with Gasteiger partial charge in [0.25, 0.3) is 16.8 Å². The van der Waals surface area contributed by atoms with E-state index in [1.807, 2.05) is 6.92 Å². The Bertz CT molecular complexity index is 1770. The van der Waals surface area contributed by atoms with E-state index in [0.29, 0.717) is 47.4 Å². The van der Waals surface area contributed by atoms with Gasteiger partial charge < -0.3 is 19.9 Å². The summed E-state index contributed by atoms with van der Waals surface area (Å²) in [6.45, 7) is 3.08. The number of aryl methyl sites for hydroxylation is 2. The Balaban J connectivity index is 1.16. The standard InChI is InChI=1S/C30H32N6O5S/c1-16-12-18(20-6-4-5-7-22(20)31-16)15-41-19-10-8-17(9-11-19)28(39)32-23-14-36(13-21(23)29-33-34-30(40)42-29)25-24(35(2)3)26(37)27(25)38/h8-12,21,23H,4-7,13-15H2,1-3H3,(H,32,39)(H,34,40)/t21-,23+/m0/s1. The monoisotopic (exact) mass is 588 g/mol. The molecule has 3 heterocycles. The lowest BCUT2D eigenvalue weighted by atomic mass is 9.92. The fourth-order valence-corrected chi connectivity index (χ4v) is 6.81. The van der Waals surface area contributed by atoms with Crippen molar-refractivity contribution in [2.24, 2.45) is 0 Å². The highest BCUT2D eigenvalue weighted by molar-refractivity contribution is 7.08. The van der Waals surface area contributed by atoms with Crippen LogP contribution in [-0.2, 0) is 19.4 Å². The second-order valence-corrected chi connectivity index (χ2v) is 12.2. The van der Waals surface area contributed by atoms with E-state index >= 15 is 0 Å². The molecule has 12 heteroatoms. The van der Waals surface area contributed by atoms with E-state index in [2.05, 4.69) is 21.6 Å². The molecule has 0 radical (unpaired) electrons. The van der Waals surface area contributed by atoms with E-state index in [-0.39, 0.29) is 16.7 Å². The van der Waals surface area contributed by atoms with E-state index in [0.717, 1.165) is 41.9 Å². The second-order valence-electron chi connectivity index (χ2n) is 11.2. The van der Waals surface area contributed by atoms with Crippen molar-refractivity contribution in [2.75, 3.05) is 37.0 Å². The average Bonchev–Trinajstić information content (AvgIpc) is 3.59. The number of nitrogens with one attached hydrogen (secondary N) is 2. The third-order valence-corrected chi connectivity index (χ3v) is 8.94. The minimum atomic E-state index is -0.544. The number of anilines is 2. The number of fused-ring (bicyclic) bond motifs is 1. The summed E-state index contributed by atoms with van der Waals surface area (Å²) in [6.07, 6.45) is 4.36. The van der Waals surface area contributed by atoms with Crippen molar-refractivity contribution in [3.05, 3.63) is 93.5 Å². The first kappa shape index (κ1) is 27.8. The van der Waals surface area contributed by atoms with E-state index in [4.69, 9.17) is 9.72 Å². The number of aromatic amines is 1. The molecule has 1 aliphatic heterocycles. The number of carbonyl (C=O) groups excluding carboxylic acids is 1. The summed E-state index contributed by atoms with van der Waals surface area (Å²) < 4.78 is 6.09. The summed E-state index contributed by atoms with van der Waals surface area (Å²) in [7, 11) is 3.43. The van der Waals surface area contributed by atoms with Crippen molar-refractivity contribution in [2.45, 2.75) is 51.2 Å². The zero-order valence-electron chi connectivity index (χ0n) is 23.7. The lowest BCUT2D eigenvalue weighted by Gasteiger charge is -2.26. The maximum Gasteiger partial charge on any atom is 0.322 e. The first-order valence-electron chi connectivity index (χ1n) is 14.0. The van der Waals surface area contributed by atoms with Crippen LogP contribution in [0.3, 0.4) is 0 Å². The highest BCUT2D eigenvalue weighted by atomic mass is 32.1. The van der Waals surface area contributed by atoms with Crippen LogP contribution in [0.4, 0.5) is 11.4 Å². The van der Waals surface area contributed by atoms with Crippen LogP contribution in [0.1, 0.15) is 56.6 Å². The molecule has 11 nitrogen and oxygen atoms in total. The van der Waals surface area contributed by atoms with Gasteiger partial charge in [-0.05, 0) is 74.1 Å². The highest BCUT2D eigenvalue weighted by Gasteiger charge is 2.41. The van der Waals surface area contributed by atoms with Gasteiger partial charge in [-0.3, -0.25) is 24.2 Å². The third-order valence-electron chi connectivity index (χ3n) is 8.06. The fourth-order valence-electron chi connectivity index (χ4n) is 6.05. The Labute approximate surface area is 245 Å². The zero-order valence-corrected chi connectivity index (χ0v) is 24.5. The number of hydrogen-bond acceptors (Lipinski definition) is 10. The number of ether oxygens (including phenoxy) is 1. The minimum absolute atomic E-state index is 0.294. The summed E-state index contributed by atoms with van der Waals surface area (Å²) in [5.74, 6) is 0.0284. The van der Waals surface area contributed by atoms with E-state index in [1.54, 1.807) is 48.2 Å². The molecule has 1 aliphatic carbocycles. The number of amides is 1. The molecule has 0 unspecified atom stereocenters. The normalized spacial score (nSPS) is 18.2. The van der Waals surface area contributed by atoms with E-state index < -0.39 is 16.9 Å². The zero-order chi connectivity index (χ0) is 29.5. The number of aromatic nitrogens is 3. The molecular weight excluding hydrogens is 556 g/mol. The number of carbonyl (C=O) groups is 1. The topological polar surface area (TPSA) is 138 Å². The van der Waals surface area contributed by atoms with E-state index in [9.17, 15) is 19.2 Å². The van der Waals surface area contributed by atoms with Gasteiger partial charge in [0.2, 0.25) is 0 Å². The van der Waals surface area contributed by atoms with Crippen LogP contribution in [0.2, 0.25) is 0 Å². The van der Waals surface area contributed by atoms with Gasteiger partial charge in [-0.1, -0.05) is 11.3 Å². The van der Waals surface area contributed by atoms with Crippen LogP contribution in [0.15, 0.2) is 44.7 Å². The number of rotatable bonds is 8. The van der Waals surface area contributed by atoms with Crippen molar-refractivity contribution >= 4 is 28.6 Å². The molecule has 2 aromatic carbocycles. The summed E-state index contributed by atoms with van der Waals surface area (Å²) in [4.78, 5) is 57.7. The van der Waals surface area contributed by atoms with Gasteiger partial charge >= 0.3 is 4.87 Å². The average molecular weight is 589 g/mol. The first-order chi connectivity index (χ1) is 20.2. The van der Waals surface area contributed by atoms with Crippen LogP contribution in [0.25, 0.3) is 0 Å². The van der Waals surface area contributed by atoms with Crippen LogP contribution >= 0.6 is 11.3 Å². The number of hydrogen-bond donors (Lipinski definition) is 2. The van der Waals surface area contributed by atoms with Gasteiger partial charge in [0.1, 0.15) is 28.7 Å². The number of H-pyrrole nitrogens is 1. The molecule has 4 aromatic rings. The van der Waals surface area contributed by atoms with Gasteiger partial charge in [-0.25, -0.2) is 5.10 Å². The molecule has 2 aromatic heterocycles. The molecule has 2 N–H and O–H groups in total. The Morgan fingerprint density at radius 3 is 2.60 bits per heavy atom. The quantitative estimate of drug-likeness (QED) is 0.296. The lowest BCUT2D eigenvalue weighted by Crippen LogP contribution is -2.45. The predicted molar refractivity (Wildman–Crippen MR) is 161 cm³/mol. The number of pyridine rings is 1. The molecule has 218 valence electrons. The Hall–Kier alpha value is -4.32. The maximum atomic E-state index is 13.3. The van der Waals surface area contributed by atoms with Crippen molar-refractivity contribution in [3.63, 3.8) is 0 Å². The first-order valence-corrected chi connectivity index (χ1v) is 14.8. The minimum Gasteiger partial charge on any atom is -0.489 e. The van der Waals surface area contributed by atoms with E-state index in [1.165, 1.54) is 17.7 Å². The molecule has 1 saturated heterocycles. The maximum absolute atomic E-state index is 13.3. The van der Waals surface area contributed by atoms with Crippen LogP contribution in [0.5, 0.6) is 5.75 Å². The van der Waals surface area contributed by atoms with Gasteiger partial charge in [0.15, 0.2) is 0 Å². The van der Waals surface area contributed by atoms with Gasteiger partial charge in [-0.2, -0.15) is 5.10 Å². The largest absolute Gasteiger partial charge is 0.489 e. The Morgan fingerprint density at radius 1 is 1.12 bits per heavy atom. The molecule has 2 atom stereocenters. The molecule has 0 saturated carbocycles. The predicted octanol–water partition coefficient (Wildman–Crippen LogP) is 2.06. The Morgan fingerprint density at radius 2 is 1.88 bits per heavy atom. The van der Waals surface area contributed by atoms with Crippen LogP contribution < -0.4 is 35.6 Å². The van der Waals surface area contributed by atoms with Crippen molar-refractivity contribution in [1.29, 1.82) is 0 Å². The Kier molecular flexibility index (Phi) is 7.40. The molecule has 0 spiro atoms. The summed E-state index contributed by atoms with van der Waals surface area (Å²) in [5.41, 5.74) is 4.70. The van der Waals surface area contributed by atoms with Gasteiger partial charge in [-0.15, -0.1) is 0 Å². The van der Waals surface area contributed by atoms with Crippen LogP contribution in [-0.4, -0.2) is 54.3 Å². The summed E-state index contributed by atoms with van der Waals surface area (Å²) >= 11 is 0.975. The lowest BCUT2D eigenvalue weighted by molar-refractivity contribution is 0.0937. The number of benzene rings is 1. The molecule has 0 bridgehead atoms. The smallest absolute Gasteiger partial charge is 0.322 e. The molecule has 1 amide bonds. The van der Waals surface area contributed by atoms with Crippen molar-refractivity contribution in [3.8, 4) is 5.75 Å². The fraction of sp³-hybridized carbons (Fsp3) is 0.400. The molecule has 6 rings (SSSR count). The van der Waals surface area contributed by atoms with Crippen molar-refractivity contribution < 1.29 is 9.53 Å². The molecular formula is C30H32N6O5S. The molecule has 1 fully saturated rings.